The van der Waals surface area contributed by atoms with E-state index in [1.807, 2.05) is 0 Å². The number of carbonyl (C=O) groups is 2. The van der Waals surface area contributed by atoms with Crippen molar-refractivity contribution >= 4 is 11.9 Å². The van der Waals surface area contributed by atoms with Crippen LogP contribution in [0, 0.1) is 5.41 Å². The molecule has 1 aliphatic heterocycles. The van der Waals surface area contributed by atoms with E-state index < -0.39 is 54.2 Å². The molecule has 0 aromatic rings. The topological polar surface area (TPSA) is 172 Å². The van der Waals surface area contributed by atoms with Crippen LogP contribution in [0.2, 0.25) is 0 Å². The number of hydrogen-bond donors (Lipinski definition) is 5. The highest BCUT2D eigenvalue weighted by Gasteiger charge is 2.65. The molecule has 0 bridgehead atoms. The van der Waals surface area contributed by atoms with Gasteiger partial charge in [0.2, 0.25) is 5.79 Å². The van der Waals surface area contributed by atoms with Crippen LogP contribution in [-0.2, 0) is 29.1 Å². The molecule has 0 aromatic heterocycles. The van der Waals surface area contributed by atoms with E-state index in [-0.39, 0.29) is 12.8 Å². The minimum Gasteiger partial charge on any atom is -0.394 e. The molecule has 0 aliphatic carbocycles. The van der Waals surface area contributed by atoms with Crippen LogP contribution in [0.5, 0.6) is 0 Å². The minimum absolute atomic E-state index is 0.0468. The molecular weight excluding hydrogens is 692 g/mol. The minimum atomic E-state index is -2.76. The van der Waals surface area contributed by atoms with Crippen LogP contribution in [-0.4, -0.2) is 74.3 Å². The number of rotatable bonds is 36. The lowest BCUT2D eigenvalue weighted by Crippen LogP contribution is -2.72. The molecule has 320 valence electrons. The molecule has 11 nitrogen and oxygen atoms in total. The fourth-order valence-corrected chi connectivity index (χ4v) is 7.57. The third kappa shape index (κ3) is 20.2. The monoisotopic (exact) mass is 775 g/mol. The van der Waals surface area contributed by atoms with Gasteiger partial charge >= 0.3 is 11.9 Å². The number of aliphatic hydroxyl groups excluding tert-OH is 4. The summed E-state index contributed by atoms with van der Waals surface area (Å²) in [4.78, 5) is 35.2. The normalized spacial score (nSPS) is 22.6. The van der Waals surface area contributed by atoms with Crippen LogP contribution < -0.4 is 0 Å². The average Bonchev–Trinajstić information content (AvgIpc) is 3.16. The van der Waals surface area contributed by atoms with Crippen molar-refractivity contribution in [2.45, 2.75) is 250 Å². The summed E-state index contributed by atoms with van der Waals surface area (Å²) in [5.74, 6) is -4.66. The number of ether oxygens (including phenoxy) is 1. The Balaban J connectivity index is 2.44. The van der Waals surface area contributed by atoms with E-state index in [1.54, 1.807) is 0 Å². The Kier molecular flexibility index (Phi) is 29.8. The summed E-state index contributed by atoms with van der Waals surface area (Å²) in [7, 11) is 0. The fraction of sp³-hybridized carbons (Fsp3) is 0.953. The molecule has 1 aliphatic rings. The van der Waals surface area contributed by atoms with Crippen LogP contribution >= 0.6 is 0 Å². The van der Waals surface area contributed by atoms with Gasteiger partial charge in [-0.1, -0.05) is 194 Å². The summed E-state index contributed by atoms with van der Waals surface area (Å²) in [5.41, 5.74) is -2.03. The number of aliphatic hydroxyl groups is 5. The number of hydrogen-bond acceptors (Lipinski definition) is 11. The molecule has 1 rings (SSSR count). The molecular formula is C43H82O11. The predicted octanol–water partition coefficient (Wildman–Crippen LogP) is 9.22. The highest BCUT2D eigenvalue weighted by molar-refractivity contribution is 5.77. The Bertz CT molecular complexity index is 918. The van der Waals surface area contributed by atoms with Crippen molar-refractivity contribution in [3.05, 3.63) is 0 Å². The molecule has 11 heteroatoms. The average molecular weight is 775 g/mol. The molecule has 0 saturated carbocycles. The number of carbonyl (C=O) groups excluding carboxylic acids is 2. The van der Waals surface area contributed by atoms with Gasteiger partial charge in [0, 0.05) is 11.5 Å². The van der Waals surface area contributed by atoms with Crippen molar-refractivity contribution in [1.82, 2.24) is 0 Å². The van der Waals surface area contributed by atoms with Gasteiger partial charge in [0.1, 0.15) is 29.8 Å². The van der Waals surface area contributed by atoms with Gasteiger partial charge < -0.3 is 30.3 Å². The van der Waals surface area contributed by atoms with Crippen LogP contribution in [0.1, 0.15) is 220 Å². The Hall–Kier alpha value is -1.34. The van der Waals surface area contributed by atoms with Gasteiger partial charge in [-0.2, -0.15) is 0 Å². The zero-order valence-corrected chi connectivity index (χ0v) is 34.6. The summed E-state index contributed by atoms with van der Waals surface area (Å²) in [6.07, 6.45) is 26.6. The van der Waals surface area contributed by atoms with Crippen molar-refractivity contribution in [3.63, 3.8) is 0 Å². The van der Waals surface area contributed by atoms with E-state index in [0.29, 0.717) is 12.8 Å². The Morgan fingerprint density at radius 2 is 0.944 bits per heavy atom. The van der Waals surface area contributed by atoms with Crippen LogP contribution in [0.15, 0.2) is 0 Å². The SMILES string of the molecule is CCCCCCCCCCCCCCCCCC(=O)OOOC(=O)C(C)(CCCCCCCCCCCCCCCC)C1(O)O[C@H](CO)[C@@H](O)[C@H](O)[C@H]1O. The Morgan fingerprint density at radius 1 is 0.574 bits per heavy atom. The van der Waals surface area contributed by atoms with E-state index >= 15 is 0 Å². The summed E-state index contributed by atoms with van der Waals surface area (Å²) < 4.78 is 5.52. The van der Waals surface area contributed by atoms with E-state index in [1.165, 1.54) is 135 Å². The van der Waals surface area contributed by atoms with Crippen LogP contribution in [0.4, 0.5) is 0 Å². The molecule has 1 saturated heterocycles. The van der Waals surface area contributed by atoms with Gasteiger partial charge in [0.15, 0.2) is 0 Å². The zero-order valence-electron chi connectivity index (χ0n) is 34.6. The van der Waals surface area contributed by atoms with Gasteiger partial charge in [-0.25, -0.2) is 9.59 Å². The molecule has 0 radical (unpaired) electrons. The summed E-state index contributed by atoms with van der Waals surface area (Å²) >= 11 is 0. The second kappa shape index (κ2) is 31.7. The molecule has 1 heterocycles. The first-order valence-electron chi connectivity index (χ1n) is 22.2. The lowest BCUT2D eigenvalue weighted by molar-refractivity contribution is -0.468. The van der Waals surface area contributed by atoms with E-state index in [9.17, 15) is 35.1 Å². The van der Waals surface area contributed by atoms with Crippen molar-refractivity contribution in [2.75, 3.05) is 6.61 Å². The third-order valence-corrected chi connectivity index (χ3v) is 11.5. The number of unbranched alkanes of at least 4 members (excludes halogenated alkanes) is 27. The molecule has 0 spiro atoms. The van der Waals surface area contributed by atoms with Crippen molar-refractivity contribution in [1.29, 1.82) is 0 Å². The smallest absolute Gasteiger partial charge is 0.357 e. The van der Waals surface area contributed by atoms with Crippen molar-refractivity contribution < 1.29 is 54.7 Å². The summed E-state index contributed by atoms with van der Waals surface area (Å²) in [5, 5.41) is 57.5. The van der Waals surface area contributed by atoms with Gasteiger partial charge in [-0.3, -0.25) is 9.78 Å². The molecule has 6 atom stereocenters. The molecule has 54 heavy (non-hydrogen) atoms. The molecule has 0 aromatic carbocycles. The summed E-state index contributed by atoms with van der Waals surface area (Å²) in [6.45, 7) is 4.98. The van der Waals surface area contributed by atoms with E-state index in [0.717, 1.165) is 44.9 Å². The van der Waals surface area contributed by atoms with Crippen LogP contribution in [0.3, 0.4) is 0 Å². The van der Waals surface area contributed by atoms with Crippen molar-refractivity contribution in [2.24, 2.45) is 5.41 Å². The lowest BCUT2D eigenvalue weighted by Gasteiger charge is -2.51. The first-order chi connectivity index (χ1) is 26.1. The third-order valence-electron chi connectivity index (χ3n) is 11.5. The maximum Gasteiger partial charge on any atom is 0.357 e. The molecule has 2 unspecified atom stereocenters. The Labute approximate surface area is 328 Å². The second-order valence-electron chi connectivity index (χ2n) is 16.2. The highest BCUT2D eigenvalue weighted by atomic mass is 17.5. The zero-order chi connectivity index (χ0) is 39.9. The Morgan fingerprint density at radius 3 is 1.33 bits per heavy atom. The molecule has 1 fully saturated rings. The van der Waals surface area contributed by atoms with Crippen molar-refractivity contribution in [3.8, 4) is 0 Å². The second-order valence-corrected chi connectivity index (χ2v) is 16.2. The van der Waals surface area contributed by atoms with Gasteiger partial charge in [-0.05, 0) is 19.8 Å². The fourth-order valence-electron chi connectivity index (χ4n) is 7.57. The highest BCUT2D eigenvalue weighted by Crippen LogP contribution is 2.46. The van der Waals surface area contributed by atoms with Gasteiger partial charge in [0.25, 0.3) is 0 Å². The summed E-state index contributed by atoms with van der Waals surface area (Å²) in [6, 6.07) is 0. The maximum absolute atomic E-state index is 13.5. The lowest BCUT2D eigenvalue weighted by atomic mass is 9.71. The van der Waals surface area contributed by atoms with Crippen LogP contribution in [0.25, 0.3) is 0 Å². The van der Waals surface area contributed by atoms with Gasteiger partial charge in [-0.15, -0.1) is 0 Å². The first kappa shape index (κ1) is 50.7. The van der Waals surface area contributed by atoms with E-state index in [4.69, 9.17) is 9.62 Å². The quantitative estimate of drug-likeness (QED) is 0.0233. The molecule has 5 N–H and O–H groups in total. The largest absolute Gasteiger partial charge is 0.394 e. The van der Waals surface area contributed by atoms with E-state index in [2.05, 4.69) is 23.8 Å². The predicted molar refractivity (Wildman–Crippen MR) is 211 cm³/mol. The standard InChI is InChI=1S/C43H82O11/c1-4-6-8-10-12-14-16-18-20-21-23-25-27-29-31-33-37(45)52-54-53-41(49)42(3,43(50)40(48)39(47)38(46)36(35-44)51-43)34-32-30-28-26-24-22-19-17-15-13-11-9-7-5-2/h36,38-40,44,46-48,50H,4-35H2,1-3H3/t36-,38-,39+,40-,42?,43?/m1/s1. The first-order valence-corrected chi connectivity index (χ1v) is 22.2. The van der Waals surface area contributed by atoms with Gasteiger partial charge in [0.05, 0.1) is 6.61 Å². The maximum atomic E-state index is 13.5. The molecule has 0 amide bonds.